The molecule has 2 rings (SSSR count). The van der Waals surface area contributed by atoms with Crippen molar-refractivity contribution >= 4 is 11.8 Å². The van der Waals surface area contributed by atoms with Crippen LogP contribution < -0.4 is 10.6 Å². The van der Waals surface area contributed by atoms with E-state index >= 15 is 0 Å². The molecule has 2 atom stereocenters. The number of ether oxygens (including phenoxy) is 1. The molecule has 1 aromatic rings. The Morgan fingerprint density at radius 3 is 2.35 bits per heavy atom. The molecule has 0 heterocycles. The van der Waals surface area contributed by atoms with Gasteiger partial charge in [0.2, 0.25) is 0 Å². The number of alkyl carbamates (subject to hydrolysis) is 1. The van der Waals surface area contributed by atoms with Gasteiger partial charge in [-0.3, -0.25) is 0 Å². The van der Waals surface area contributed by atoms with E-state index in [9.17, 15) is 13.6 Å². The zero-order valence-electron chi connectivity index (χ0n) is 13.8. The smallest absolute Gasteiger partial charge is 0.407 e. The van der Waals surface area contributed by atoms with Gasteiger partial charge in [-0.25, -0.2) is 13.6 Å². The molecular weight excluding hydrogens is 302 g/mol. The molecule has 1 fully saturated rings. The molecule has 1 aliphatic rings. The van der Waals surface area contributed by atoms with E-state index in [0.717, 1.165) is 25.3 Å². The third-order valence-electron chi connectivity index (χ3n) is 3.63. The average Bonchev–Trinajstić information content (AvgIpc) is 2.35. The van der Waals surface area contributed by atoms with Crippen molar-refractivity contribution in [2.24, 2.45) is 0 Å². The fraction of sp³-hybridized carbons (Fsp3) is 0.588. The maximum atomic E-state index is 13.2. The molecule has 0 bridgehead atoms. The van der Waals surface area contributed by atoms with Crippen LogP contribution in [0.15, 0.2) is 18.2 Å². The maximum absolute atomic E-state index is 13.2. The third kappa shape index (κ3) is 6.04. The molecule has 0 radical (unpaired) electrons. The molecule has 4 nitrogen and oxygen atoms in total. The summed E-state index contributed by atoms with van der Waals surface area (Å²) in [7, 11) is 0. The van der Waals surface area contributed by atoms with Crippen molar-refractivity contribution in [1.82, 2.24) is 5.32 Å². The molecule has 0 saturated heterocycles. The first kappa shape index (κ1) is 17.5. The van der Waals surface area contributed by atoms with Gasteiger partial charge in [-0.15, -0.1) is 0 Å². The lowest BCUT2D eigenvalue weighted by Gasteiger charge is -2.31. The Balaban J connectivity index is 1.89. The van der Waals surface area contributed by atoms with Gasteiger partial charge in [0.05, 0.1) is 0 Å². The monoisotopic (exact) mass is 326 g/mol. The van der Waals surface area contributed by atoms with E-state index in [1.165, 1.54) is 12.1 Å². The van der Waals surface area contributed by atoms with E-state index in [0.29, 0.717) is 12.1 Å². The highest BCUT2D eigenvalue weighted by atomic mass is 19.1. The van der Waals surface area contributed by atoms with E-state index in [1.54, 1.807) is 0 Å². The van der Waals surface area contributed by atoms with E-state index in [-0.39, 0.29) is 12.1 Å². The van der Waals surface area contributed by atoms with Crippen LogP contribution in [0, 0.1) is 11.6 Å². The lowest BCUT2D eigenvalue weighted by molar-refractivity contribution is 0.0492. The third-order valence-corrected chi connectivity index (χ3v) is 3.63. The Labute approximate surface area is 135 Å². The van der Waals surface area contributed by atoms with Crippen LogP contribution in [0.5, 0.6) is 0 Å². The van der Waals surface area contributed by atoms with Gasteiger partial charge in [0.1, 0.15) is 17.2 Å². The van der Waals surface area contributed by atoms with Gasteiger partial charge in [-0.1, -0.05) is 0 Å². The van der Waals surface area contributed by atoms with Crippen LogP contribution in [-0.2, 0) is 4.74 Å². The lowest BCUT2D eigenvalue weighted by Crippen LogP contribution is -2.43. The number of benzene rings is 1. The number of carbonyl (C=O) groups excluding carboxylic acids is 1. The molecule has 1 aromatic carbocycles. The molecule has 0 aliphatic heterocycles. The van der Waals surface area contributed by atoms with Crippen molar-refractivity contribution in [2.75, 3.05) is 5.32 Å². The lowest BCUT2D eigenvalue weighted by atomic mass is 9.91. The molecule has 128 valence electrons. The summed E-state index contributed by atoms with van der Waals surface area (Å²) in [5, 5.41) is 6.01. The second-order valence-corrected chi connectivity index (χ2v) is 7.01. The summed E-state index contributed by atoms with van der Waals surface area (Å²) in [5.41, 5.74) is -0.111. The van der Waals surface area contributed by atoms with Gasteiger partial charge in [-0.05, 0) is 58.6 Å². The Morgan fingerprint density at radius 1 is 1.13 bits per heavy atom. The van der Waals surface area contributed by atoms with E-state index < -0.39 is 23.3 Å². The molecule has 23 heavy (non-hydrogen) atoms. The fourth-order valence-electron chi connectivity index (χ4n) is 2.80. The maximum Gasteiger partial charge on any atom is 0.407 e. The quantitative estimate of drug-likeness (QED) is 0.875. The number of halogens is 2. The predicted molar refractivity (Wildman–Crippen MR) is 85.4 cm³/mol. The van der Waals surface area contributed by atoms with Gasteiger partial charge in [0, 0.05) is 23.8 Å². The largest absolute Gasteiger partial charge is 0.444 e. The van der Waals surface area contributed by atoms with Crippen molar-refractivity contribution < 1.29 is 18.3 Å². The molecule has 0 spiro atoms. The summed E-state index contributed by atoms with van der Waals surface area (Å²) in [6.07, 6.45) is 2.95. The van der Waals surface area contributed by atoms with Crippen LogP contribution in [0.25, 0.3) is 0 Å². The van der Waals surface area contributed by atoms with Gasteiger partial charge in [-0.2, -0.15) is 0 Å². The summed E-state index contributed by atoms with van der Waals surface area (Å²) >= 11 is 0. The van der Waals surface area contributed by atoms with Crippen molar-refractivity contribution in [3.8, 4) is 0 Å². The SMILES string of the molecule is CC(C)(C)OC(=O)NC1CCCC(Nc2cc(F)cc(F)c2)C1. The summed E-state index contributed by atoms with van der Waals surface area (Å²) < 4.78 is 31.7. The minimum atomic E-state index is -0.605. The molecular formula is C17H24F2N2O2. The molecule has 1 amide bonds. The van der Waals surface area contributed by atoms with Crippen molar-refractivity contribution in [3.05, 3.63) is 29.8 Å². The first-order valence-corrected chi connectivity index (χ1v) is 7.93. The molecule has 2 N–H and O–H groups in total. The first-order valence-electron chi connectivity index (χ1n) is 7.93. The highest BCUT2D eigenvalue weighted by molar-refractivity contribution is 5.68. The van der Waals surface area contributed by atoms with Crippen LogP contribution in [0.4, 0.5) is 19.3 Å². The number of carbonyl (C=O) groups is 1. The van der Waals surface area contributed by atoms with Crippen molar-refractivity contribution in [2.45, 2.75) is 64.1 Å². The Hall–Kier alpha value is -1.85. The zero-order chi connectivity index (χ0) is 17.0. The summed E-state index contributed by atoms with van der Waals surface area (Å²) in [6, 6.07) is 3.44. The Kier molecular flexibility index (Phi) is 5.44. The molecule has 1 aliphatic carbocycles. The Morgan fingerprint density at radius 2 is 1.74 bits per heavy atom. The number of anilines is 1. The predicted octanol–water partition coefficient (Wildman–Crippen LogP) is 4.21. The van der Waals surface area contributed by atoms with Gasteiger partial charge < -0.3 is 15.4 Å². The van der Waals surface area contributed by atoms with E-state index in [4.69, 9.17) is 4.74 Å². The second-order valence-electron chi connectivity index (χ2n) is 7.01. The molecule has 6 heteroatoms. The normalized spacial score (nSPS) is 21.6. The molecule has 0 aromatic heterocycles. The minimum Gasteiger partial charge on any atom is -0.444 e. The van der Waals surface area contributed by atoms with Gasteiger partial charge in [0.25, 0.3) is 0 Å². The number of hydrogen-bond donors (Lipinski definition) is 2. The van der Waals surface area contributed by atoms with Crippen LogP contribution in [0.1, 0.15) is 46.5 Å². The highest BCUT2D eigenvalue weighted by Crippen LogP contribution is 2.23. The number of hydrogen-bond acceptors (Lipinski definition) is 3. The van der Waals surface area contributed by atoms with E-state index in [2.05, 4.69) is 10.6 Å². The number of rotatable bonds is 3. The summed E-state index contributed by atoms with van der Waals surface area (Å²) in [4.78, 5) is 11.8. The first-order chi connectivity index (χ1) is 10.7. The van der Waals surface area contributed by atoms with Crippen LogP contribution in [0.3, 0.4) is 0 Å². The standard InChI is InChI=1S/C17H24F2N2O2/c1-17(2,3)23-16(22)21-14-6-4-5-13(10-14)20-15-8-11(18)7-12(19)9-15/h7-9,13-14,20H,4-6,10H2,1-3H3,(H,21,22). The van der Waals surface area contributed by atoms with Crippen LogP contribution in [-0.4, -0.2) is 23.8 Å². The van der Waals surface area contributed by atoms with Crippen molar-refractivity contribution in [1.29, 1.82) is 0 Å². The summed E-state index contributed by atoms with van der Waals surface area (Å²) in [5.74, 6) is -1.21. The Bertz CT molecular complexity index is 538. The van der Waals surface area contributed by atoms with Gasteiger partial charge in [0.15, 0.2) is 0 Å². The minimum absolute atomic E-state index is 0.00509. The highest BCUT2D eigenvalue weighted by Gasteiger charge is 2.25. The van der Waals surface area contributed by atoms with Crippen LogP contribution >= 0.6 is 0 Å². The summed E-state index contributed by atoms with van der Waals surface area (Å²) in [6.45, 7) is 5.45. The van der Waals surface area contributed by atoms with Crippen LogP contribution in [0.2, 0.25) is 0 Å². The fourth-order valence-corrected chi connectivity index (χ4v) is 2.80. The number of nitrogens with one attached hydrogen (secondary N) is 2. The average molecular weight is 326 g/mol. The topological polar surface area (TPSA) is 50.4 Å². The van der Waals surface area contributed by atoms with Gasteiger partial charge >= 0.3 is 6.09 Å². The van der Waals surface area contributed by atoms with E-state index in [1.807, 2.05) is 20.8 Å². The second kappa shape index (κ2) is 7.15. The van der Waals surface area contributed by atoms with Crippen molar-refractivity contribution in [3.63, 3.8) is 0 Å². The zero-order valence-corrected chi connectivity index (χ0v) is 13.8. The molecule has 2 unspecified atom stereocenters. The molecule has 1 saturated carbocycles. The number of amides is 1.